The fourth-order valence-corrected chi connectivity index (χ4v) is 8.67. The van der Waals surface area contributed by atoms with E-state index in [4.69, 9.17) is 17.3 Å². The summed E-state index contributed by atoms with van der Waals surface area (Å²) >= 11 is 7.05. The molecule has 4 nitrogen and oxygen atoms in total. The average Bonchev–Trinajstić information content (AvgIpc) is 3.36. The molecule has 1 aliphatic heterocycles. The first-order valence-corrected chi connectivity index (χ1v) is 14.2. The number of unbranched alkanes of at least 4 members (excludes halogenated alkanes) is 2. The van der Waals surface area contributed by atoms with E-state index in [1.165, 1.54) is 56.0 Å². The number of carbonyl (C=O) groups is 1. The van der Waals surface area contributed by atoms with Gasteiger partial charge in [0, 0.05) is 23.7 Å². The van der Waals surface area contributed by atoms with Crippen molar-refractivity contribution < 1.29 is 4.79 Å². The summed E-state index contributed by atoms with van der Waals surface area (Å²) in [6.45, 7) is 2.90. The van der Waals surface area contributed by atoms with Gasteiger partial charge in [-0.1, -0.05) is 61.9 Å². The van der Waals surface area contributed by atoms with Crippen molar-refractivity contribution in [2.45, 2.75) is 70.1 Å². The van der Waals surface area contributed by atoms with E-state index in [0.29, 0.717) is 4.32 Å². The molecule has 2 aromatic rings. The third-order valence-electron chi connectivity index (χ3n) is 8.45. The lowest BCUT2D eigenvalue weighted by molar-refractivity contribution is -0.122. The fraction of sp³-hybridized carbons (Fsp3) is 0.536. The zero-order valence-corrected chi connectivity index (χ0v) is 21.5. The molecule has 1 aromatic carbocycles. The van der Waals surface area contributed by atoms with Crippen LogP contribution in [0, 0.1) is 17.8 Å². The molecule has 1 amide bonds. The van der Waals surface area contributed by atoms with Gasteiger partial charge in [-0.3, -0.25) is 9.69 Å². The molecule has 0 atom stereocenters. The van der Waals surface area contributed by atoms with Gasteiger partial charge in [0.25, 0.3) is 5.91 Å². The lowest BCUT2D eigenvalue weighted by Crippen LogP contribution is -2.49. The van der Waals surface area contributed by atoms with Gasteiger partial charge in [-0.25, -0.2) is 4.68 Å². The van der Waals surface area contributed by atoms with Gasteiger partial charge < -0.3 is 0 Å². The molecular formula is C28H33N3OS2. The largest absolute Gasteiger partial charge is 0.293 e. The maximum atomic E-state index is 13.3. The van der Waals surface area contributed by atoms with Crippen LogP contribution in [0.25, 0.3) is 11.8 Å². The van der Waals surface area contributed by atoms with Crippen LogP contribution >= 0.6 is 24.0 Å². The van der Waals surface area contributed by atoms with Gasteiger partial charge in [0.05, 0.1) is 16.3 Å². The highest BCUT2D eigenvalue weighted by atomic mass is 32.2. The van der Waals surface area contributed by atoms with Gasteiger partial charge in [-0.2, -0.15) is 5.10 Å². The van der Waals surface area contributed by atoms with Gasteiger partial charge in [0.15, 0.2) is 0 Å². The van der Waals surface area contributed by atoms with Crippen molar-refractivity contribution in [1.82, 2.24) is 14.7 Å². The molecule has 2 heterocycles. The van der Waals surface area contributed by atoms with E-state index < -0.39 is 0 Å². The second kappa shape index (κ2) is 8.94. The highest BCUT2D eigenvalue weighted by molar-refractivity contribution is 8.26. The minimum Gasteiger partial charge on any atom is -0.293 e. The Hall–Kier alpha value is -1.92. The summed E-state index contributed by atoms with van der Waals surface area (Å²) < 4.78 is 2.72. The van der Waals surface area contributed by atoms with E-state index in [0.717, 1.165) is 59.7 Å². The Kier molecular flexibility index (Phi) is 5.93. The highest BCUT2D eigenvalue weighted by Crippen LogP contribution is 2.61. The summed E-state index contributed by atoms with van der Waals surface area (Å²) in [6.07, 6.45) is 15.5. The molecule has 6 heteroatoms. The van der Waals surface area contributed by atoms with Crippen molar-refractivity contribution in [3.05, 3.63) is 52.7 Å². The third-order valence-corrected chi connectivity index (χ3v) is 9.83. The van der Waals surface area contributed by atoms with Crippen molar-refractivity contribution in [3.8, 4) is 5.69 Å². The number of thiocarbonyl (C=S) groups is 1. The SMILES string of the molecule is CCCCCN1C(=O)/C(=C/c2cn(-c3ccccc3)nc2C23CC4CC(CC(C4)C2)C3)SC1=S. The van der Waals surface area contributed by atoms with Crippen LogP contribution < -0.4 is 0 Å². The third kappa shape index (κ3) is 3.97. The first kappa shape index (κ1) is 22.5. The molecule has 5 fully saturated rings. The Labute approximate surface area is 212 Å². The van der Waals surface area contributed by atoms with Crippen LogP contribution in [0.4, 0.5) is 0 Å². The van der Waals surface area contributed by atoms with Crippen LogP contribution in [0.3, 0.4) is 0 Å². The fourth-order valence-electron chi connectivity index (χ4n) is 7.37. The van der Waals surface area contributed by atoms with Crippen LogP contribution in [-0.4, -0.2) is 31.5 Å². The van der Waals surface area contributed by atoms with E-state index >= 15 is 0 Å². The Bertz CT molecular complexity index is 1100. The summed E-state index contributed by atoms with van der Waals surface area (Å²) in [6, 6.07) is 10.4. The molecule has 1 saturated heterocycles. The van der Waals surface area contributed by atoms with E-state index in [2.05, 4.69) is 43.5 Å². The van der Waals surface area contributed by atoms with Crippen LogP contribution in [0.5, 0.6) is 0 Å². The molecular weight excluding hydrogens is 458 g/mol. The Morgan fingerprint density at radius 3 is 2.41 bits per heavy atom. The number of thioether (sulfide) groups is 1. The van der Waals surface area contributed by atoms with Crippen molar-refractivity contribution in [2.75, 3.05) is 6.54 Å². The number of benzene rings is 1. The number of rotatable bonds is 7. The van der Waals surface area contributed by atoms with Crippen LogP contribution in [0.15, 0.2) is 41.4 Å². The normalized spacial score (nSPS) is 31.3. The molecule has 34 heavy (non-hydrogen) atoms. The van der Waals surface area contributed by atoms with E-state index in [9.17, 15) is 4.79 Å². The second-order valence-electron chi connectivity index (χ2n) is 11.0. The van der Waals surface area contributed by atoms with Crippen LogP contribution in [0.2, 0.25) is 0 Å². The van der Waals surface area contributed by atoms with Crippen molar-refractivity contribution in [1.29, 1.82) is 0 Å². The highest BCUT2D eigenvalue weighted by Gasteiger charge is 2.53. The summed E-state index contributed by atoms with van der Waals surface area (Å²) in [5.41, 5.74) is 3.56. The molecule has 4 bridgehead atoms. The average molecular weight is 492 g/mol. The Morgan fingerprint density at radius 2 is 1.76 bits per heavy atom. The maximum absolute atomic E-state index is 13.3. The standard InChI is InChI=1S/C28H33N3OS2/c1-2-3-7-10-30-26(32)24(34-27(30)33)14-22-18-31(23-8-5-4-6-9-23)29-25(22)28-15-19-11-20(16-28)13-21(12-19)17-28/h4-6,8-9,14,18-21H,2-3,7,10-13,15-17H2,1H3/b24-14-. The molecule has 178 valence electrons. The van der Waals surface area contributed by atoms with Crippen molar-refractivity contribution >= 4 is 40.3 Å². The monoisotopic (exact) mass is 491 g/mol. The zero-order chi connectivity index (χ0) is 23.3. The van der Waals surface area contributed by atoms with Crippen LogP contribution in [0.1, 0.15) is 76.0 Å². The number of amides is 1. The number of para-hydroxylation sites is 1. The lowest BCUT2D eigenvalue weighted by Gasteiger charge is -2.56. The topological polar surface area (TPSA) is 38.1 Å². The smallest absolute Gasteiger partial charge is 0.266 e. The first-order chi connectivity index (χ1) is 16.5. The first-order valence-electron chi connectivity index (χ1n) is 13.0. The molecule has 4 saturated carbocycles. The lowest BCUT2D eigenvalue weighted by atomic mass is 9.48. The molecule has 0 radical (unpaired) electrons. The number of carbonyl (C=O) groups excluding carboxylic acids is 1. The summed E-state index contributed by atoms with van der Waals surface area (Å²) in [5.74, 6) is 2.60. The van der Waals surface area contributed by atoms with E-state index in [1.54, 1.807) is 4.90 Å². The predicted molar refractivity (Wildman–Crippen MR) is 143 cm³/mol. The molecule has 0 spiro atoms. The van der Waals surface area contributed by atoms with Crippen LogP contribution in [-0.2, 0) is 10.2 Å². The quantitative estimate of drug-likeness (QED) is 0.244. The zero-order valence-electron chi connectivity index (χ0n) is 19.9. The Morgan fingerprint density at radius 1 is 1.09 bits per heavy atom. The predicted octanol–water partition coefficient (Wildman–Crippen LogP) is 6.73. The molecule has 5 aliphatic rings. The number of nitrogens with zero attached hydrogens (tertiary/aromatic N) is 3. The molecule has 0 N–H and O–H groups in total. The van der Waals surface area contributed by atoms with Gasteiger partial charge in [0.2, 0.25) is 0 Å². The Balaban J connectivity index is 1.38. The molecule has 7 rings (SSSR count). The minimum absolute atomic E-state index is 0.0648. The molecule has 0 unspecified atom stereocenters. The number of hydrogen-bond acceptors (Lipinski definition) is 4. The van der Waals surface area contributed by atoms with Gasteiger partial charge in [-0.15, -0.1) is 0 Å². The van der Waals surface area contributed by atoms with E-state index in [1.807, 2.05) is 10.7 Å². The van der Waals surface area contributed by atoms with Gasteiger partial charge in [-0.05, 0) is 80.9 Å². The van der Waals surface area contributed by atoms with Crippen molar-refractivity contribution in [2.24, 2.45) is 17.8 Å². The summed E-state index contributed by atoms with van der Waals surface area (Å²) in [5, 5.41) is 5.24. The second-order valence-corrected chi connectivity index (χ2v) is 12.6. The molecule has 4 aliphatic carbocycles. The van der Waals surface area contributed by atoms with E-state index in [-0.39, 0.29) is 11.3 Å². The van der Waals surface area contributed by atoms with Crippen molar-refractivity contribution in [3.63, 3.8) is 0 Å². The minimum atomic E-state index is 0.0648. The number of aromatic nitrogens is 2. The summed E-state index contributed by atoms with van der Waals surface area (Å²) in [7, 11) is 0. The molecule has 1 aromatic heterocycles. The van der Waals surface area contributed by atoms with Gasteiger partial charge >= 0.3 is 0 Å². The maximum Gasteiger partial charge on any atom is 0.266 e. The van der Waals surface area contributed by atoms with Gasteiger partial charge in [0.1, 0.15) is 4.32 Å². The summed E-state index contributed by atoms with van der Waals surface area (Å²) in [4.78, 5) is 15.8. The number of hydrogen-bond donors (Lipinski definition) is 0.